The maximum absolute atomic E-state index is 12.4. The van der Waals surface area contributed by atoms with Gasteiger partial charge < -0.3 is 25.3 Å². The summed E-state index contributed by atoms with van der Waals surface area (Å²) in [6.07, 6.45) is -3.93. The van der Waals surface area contributed by atoms with Gasteiger partial charge in [-0.3, -0.25) is 0 Å². The van der Waals surface area contributed by atoms with Crippen molar-refractivity contribution in [3.63, 3.8) is 0 Å². The molecule has 2 aromatic heterocycles. The number of anilines is 1. The Morgan fingerprint density at radius 2 is 2.04 bits per heavy atom. The highest BCUT2D eigenvalue weighted by Crippen LogP contribution is 2.34. The molecule has 152 valence electrons. The number of nitrogens with zero attached hydrogens (tertiary/aromatic N) is 4. The molecular weight excluding hydrogens is 409 g/mol. The molecule has 15 heteroatoms. The van der Waals surface area contributed by atoms with Crippen LogP contribution in [0.1, 0.15) is 11.8 Å². The SMILES string of the molecule is N#Cc1cn([C@@H]2O[C@H](CNS(=O)(=O)C(F)(F)F)[C@@H](O)[C@H]2O)c2ncnc(N)c12. The molecule has 0 aliphatic carbocycles. The van der Waals surface area contributed by atoms with Crippen molar-refractivity contribution in [3.8, 4) is 6.07 Å². The zero-order valence-corrected chi connectivity index (χ0v) is 14.5. The van der Waals surface area contributed by atoms with Crippen LogP contribution in [0.3, 0.4) is 0 Å². The van der Waals surface area contributed by atoms with Gasteiger partial charge in [0.15, 0.2) is 6.23 Å². The molecule has 0 aromatic carbocycles. The molecule has 0 radical (unpaired) electrons. The standard InChI is InChI=1S/C13H13F3N6O5S/c14-13(15,16)28(25,26)21-2-6-8(23)9(24)12(27-6)22-3-5(1-17)7-10(18)19-4-20-11(7)22/h3-4,6,8-9,12,21,23-24H,2H2,(H2,18,19,20)/t6-,8-,9-,12-/m1/s1. The topological polar surface area (TPSA) is 176 Å². The Labute approximate surface area is 155 Å². The molecule has 0 unspecified atom stereocenters. The van der Waals surface area contributed by atoms with E-state index < -0.39 is 46.6 Å². The number of aliphatic hydroxyl groups excluding tert-OH is 2. The van der Waals surface area contributed by atoms with Gasteiger partial charge >= 0.3 is 15.5 Å². The molecule has 4 atom stereocenters. The van der Waals surface area contributed by atoms with Crippen molar-refractivity contribution >= 4 is 26.9 Å². The number of alkyl halides is 3. The fourth-order valence-electron chi connectivity index (χ4n) is 2.79. The molecule has 3 rings (SSSR count). The number of nitriles is 1. The van der Waals surface area contributed by atoms with Gasteiger partial charge in [0.25, 0.3) is 0 Å². The Morgan fingerprint density at radius 3 is 2.64 bits per heavy atom. The lowest BCUT2D eigenvalue weighted by atomic mass is 10.1. The maximum atomic E-state index is 12.4. The number of nitrogen functional groups attached to an aromatic ring is 1. The molecule has 0 amide bonds. The molecule has 3 heterocycles. The lowest BCUT2D eigenvalue weighted by Crippen LogP contribution is -2.44. The fourth-order valence-corrected chi connectivity index (χ4v) is 3.34. The number of aromatic nitrogens is 3. The molecule has 1 fully saturated rings. The summed E-state index contributed by atoms with van der Waals surface area (Å²) in [5.41, 5.74) is 0.300. The Kier molecular flexibility index (Phi) is 4.93. The highest BCUT2D eigenvalue weighted by atomic mass is 32.2. The summed E-state index contributed by atoms with van der Waals surface area (Å²) in [5.74, 6) is -0.0252. The quantitative estimate of drug-likeness (QED) is 0.478. The van der Waals surface area contributed by atoms with E-state index in [-0.39, 0.29) is 22.4 Å². The molecular formula is C13H13F3N6O5S. The van der Waals surface area contributed by atoms with Gasteiger partial charge in [-0.2, -0.15) is 18.4 Å². The second-order valence-corrected chi connectivity index (χ2v) is 7.62. The van der Waals surface area contributed by atoms with Gasteiger partial charge in [0.05, 0.1) is 10.9 Å². The Morgan fingerprint density at radius 1 is 1.36 bits per heavy atom. The van der Waals surface area contributed by atoms with Gasteiger partial charge in [0, 0.05) is 12.7 Å². The summed E-state index contributed by atoms with van der Waals surface area (Å²) in [6, 6.07) is 1.86. The lowest BCUT2D eigenvalue weighted by Gasteiger charge is -2.17. The molecule has 0 spiro atoms. The zero-order chi connectivity index (χ0) is 20.9. The molecule has 2 aromatic rings. The third-order valence-electron chi connectivity index (χ3n) is 4.15. The van der Waals surface area contributed by atoms with Crippen molar-refractivity contribution in [1.29, 1.82) is 5.26 Å². The minimum atomic E-state index is -5.66. The number of hydrogen-bond acceptors (Lipinski definition) is 9. The van der Waals surface area contributed by atoms with Crippen LogP contribution < -0.4 is 10.5 Å². The van der Waals surface area contributed by atoms with E-state index in [9.17, 15) is 37.1 Å². The first-order valence-corrected chi connectivity index (χ1v) is 9.05. The van der Waals surface area contributed by atoms with Crippen molar-refractivity contribution in [2.24, 2.45) is 0 Å². The number of sulfonamides is 1. The number of aliphatic hydroxyl groups is 2. The molecule has 0 saturated carbocycles. The van der Waals surface area contributed by atoms with E-state index in [1.807, 2.05) is 6.07 Å². The molecule has 28 heavy (non-hydrogen) atoms. The first-order chi connectivity index (χ1) is 13.0. The van der Waals surface area contributed by atoms with Crippen molar-refractivity contribution in [1.82, 2.24) is 19.3 Å². The highest BCUT2D eigenvalue weighted by Gasteiger charge is 2.49. The summed E-state index contributed by atoms with van der Waals surface area (Å²) in [6.45, 7) is -0.946. The summed E-state index contributed by atoms with van der Waals surface area (Å²) < 4.78 is 67.2. The minimum absolute atomic E-state index is 0.0252. The first-order valence-electron chi connectivity index (χ1n) is 7.56. The predicted octanol–water partition coefficient (Wildman–Crippen LogP) is -1.06. The van der Waals surface area contributed by atoms with Crippen LogP contribution in [-0.2, 0) is 14.8 Å². The van der Waals surface area contributed by atoms with Crippen molar-refractivity contribution < 1.29 is 36.5 Å². The van der Waals surface area contributed by atoms with Crippen LogP contribution in [0.5, 0.6) is 0 Å². The van der Waals surface area contributed by atoms with Gasteiger partial charge in [-0.25, -0.2) is 23.1 Å². The van der Waals surface area contributed by atoms with Crippen molar-refractivity contribution in [2.45, 2.75) is 30.0 Å². The van der Waals surface area contributed by atoms with Crippen molar-refractivity contribution in [3.05, 3.63) is 18.1 Å². The van der Waals surface area contributed by atoms with Gasteiger partial charge in [-0.15, -0.1) is 0 Å². The van der Waals surface area contributed by atoms with E-state index in [1.165, 1.54) is 10.9 Å². The van der Waals surface area contributed by atoms with Gasteiger partial charge in [0.2, 0.25) is 0 Å². The fraction of sp³-hybridized carbons (Fsp3) is 0.462. The number of nitrogens with one attached hydrogen (secondary N) is 1. The van der Waals surface area contributed by atoms with E-state index in [0.29, 0.717) is 0 Å². The van der Waals surface area contributed by atoms with Gasteiger partial charge in [-0.1, -0.05) is 0 Å². The first kappa shape index (κ1) is 20.2. The molecule has 5 N–H and O–H groups in total. The van der Waals surface area contributed by atoms with E-state index in [4.69, 9.17) is 10.5 Å². The maximum Gasteiger partial charge on any atom is 0.511 e. The summed E-state index contributed by atoms with van der Waals surface area (Å²) in [7, 11) is -5.66. The lowest BCUT2D eigenvalue weighted by molar-refractivity contribution is -0.0469. The Hall–Kier alpha value is -2.51. The number of ether oxygens (including phenoxy) is 1. The summed E-state index contributed by atoms with van der Waals surface area (Å²) in [4.78, 5) is 7.70. The van der Waals surface area contributed by atoms with E-state index in [2.05, 4.69) is 9.97 Å². The van der Waals surface area contributed by atoms with E-state index in [1.54, 1.807) is 0 Å². The van der Waals surface area contributed by atoms with Crippen LogP contribution in [0.15, 0.2) is 12.5 Å². The van der Waals surface area contributed by atoms with Crippen LogP contribution in [0.4, 0.5) is 19.0 Å². The third-order valence-corrected chi connectivity index (χ3v) is 5.31. The van der Waals surface area contributed by atoms with Crippen LogP contribution in [0.2, 0.25) is 0 Å². The monoisotopic (exact) mass is 422 g/mol. The van der Waals surface area contributed by atoms with E-state index in [0.717, 1.165) is 10.9 Å². The number of nitrogens with two attached hydrogens (primary N) is 1. The highest BCUT2D eigenvalue weighted by molar-refractivity contribution is 7.90. The minimum Gasteiger partial charge on any atom is -0.387 e. The predicted molar refractivity (Wildman–Crippen MR) is 85.6 cm³/mol. The average Bonchev–Trinajstić information content (AvgIpc) is 3.12. The normalized spacial score (nSPS) is 25.9. The van der Waals surface area contributed by atoms with Gasteiger partial charge in [-0.05, 0) is 0 Å². The molecule has 1 saturated heterocycles. The molecule has 1 aliphatic rings. The summed E-state index contributed by atoms with van der Waals surface area (Å²) in [5, 5.41) is 29.7. The zero-order valence-electron chi connectivity index (χ0n) is 13.7. The van der Waals surface area contributed by atoms with Crippen LogP contribution >= 0.6 is 0 Å². The number of hydrogen-bond donors (Lipinski definition) is 4. The average molecular weight is 422 g/mol. The summed E-state index contributed by atoms with van der Waals surface area (Å²) >= 11 is 0. The molecule has 11 nitrogen and oxygen atoms in total. The van der Waals surface area contributed by atoms with Crippen molar-refractivity contribution in [2.75, 3.05) is 12.3 Å². The second kappa shape index (κ2) is 6.83. The molecule has 0 bridgehead atoms. The second-order valence-electron chi connectivity index (χ2n) is 5.86. The number of rotatable bonds is 4. The van der Waals surface area contributed by atoms with Crippen LogP contribution in [-0.4, -0.2) is 63.5 Å². The Balaban J connectivity index is 1.89. The number of halogens is 3. The largest absolute Gasteiger partial charge is 0.511 e. The smallest absolute Gasteiger partial charge is 0.387 e. The van der Waals surface area contributed by atoms with E-state index >= 15 is 0 Å². The number of fused-ring (bicyclic) bond motifs is 1. The van der Waals surface area contributed by atoms with Gasteiger partial charge in [0.1, 0.15) is 42.2 Å². The Bertz CT molecular complexity index is 1050. The third kappa shape index (κ3) is 3.25. The van der Waals surface area contributed by atoms with Crippen LogP contribution in [0, 0.1) is 11.3 Å². The molecule has 1 aliphatic heterocycles. The van der Waals surface area contributed by atoms with Crippen LogP contribution in [0.25, 0.3) is 11.0 Å².